The van der Waals surface area contributed by atoms with E-state index in [1.54, 1.807) is 4.40 Å². The summed E-state index contributed by atoms with van der Waals surface area (Å²) in [5.74, 6) is 8.01. The summed E-state index contributed by atoms with van der Waals surface area (Å²) in [6.45, 7) is 6.70. The van der Waals surface area contributed by atoms with E-state index in [1.807, 2.05) is 0 Å². The third kappa shape index (κ3) is 4.19. The molecule has 0 fully saturated rings. The van der Waals surface area contributed by atoms with Crippen LogP contribution in [0.25, 0.3) is 22.4 Å². The van der Waals surface area contributed by atoms with E-state index in [1.165, 1.54) is 33.5 Å². The summed E-state index contributed by atoms with van der Waals surface area (Å²) in [7, 11) is 2.19. The van der Waals surface area contributed by atoms with Gasteiger partial charge in [-0.25, -0.2) is 0 Å². The molecule has 0 N–H and O–H groups in total. The first-order valence-corrected chi connectivity index (χ1v) is 17.2. The first-order chi connectivity index (χ1) is 12.7. The van der Waals surface area contributed by atoms with Crippen LogP contribution >= 0.6 is 0 Å². The van der Waals surface area contributed by atoms with Gasteiger partial charge in [0.25, 0.3) is 0 Å². The van der Waals surface area contributed by atoms with E-state index < -0.39 is 13.3 Å². The molecule has 140 valence electrons. The summed E-state index contributed by atoms with van der Waals surface area (Å²) in [5, 5.41) is 0. The molecule has 0 aliphatic rings. The van der Waals surface area contributed by atoms with Crippen LogP contribution in [0.15, 0.2) is 60.8 Å². The van der Waals surface area contributed by atoms with Crippen molar-refractivity contribution in [2.24, 2.45) is 7.05 Å². The van der Waals surface area contributed by atoms with Crippen LogP contribution in [0.3, 0.4) is 0 Å². The van der Waals surface area contributed by atoms with Crippen molar-refractivity contribution in [1.29, 1.82) is 0 Å². The van der Waals surface area contributed by atoms with Crippen molar-refractivity contribution >= 4 is 17.7 Å². The third-order valence-electron chi connectivity index (χ3n) is 5.39. The molecular formula is C25H32GeN+. The summed E-state index contributed by atoms with van der Waals surface area (Å²) in [6, 6.07) is 20.3. The maximum absolute atomic E-state index is 2.48. The van der Waals surface area contributed by atoms with Gasteiger partial charge in [-0.05, 0) is 0 Å². The molecule has 0 saturated carbocycles. The maximum atomic E-state index is 2.48. The molecule has 3 rings (SSSR count). The summed E-state index contributed by atoms with van der Waals surface area (Å²) < 4.78 is 3.88. The van der Waals surface area contributed by atoms with Crippen molar-refractivity contribution in [3.8, 4) is 22.4 Å². The standard InChI is InChI=1S/C25H32GeN/c1-18(2)20-12-14-21(15-13-20)23-16-25(22-11-9-8-10-19(22)3)27(7)17-24(23)26(4,5)6/h8-18H,1-7H3/q+1. The number of benzene rings is 2. The van der Waals surface area contributed by atoms with Gasteiger partial charge < -0.3 is 0 Å². The van der Waals surface area contributed by atoms with E-state index in [0.717, 1.165) is 0 Å². The summed E-state index contributed by atoms with van der Waals surface area (Å²) in [5.41, 5.74) is 8.07. The molecule has 2 aromatic carbocycles. The van der Waals surface area contributed by atoms with Gasteiger partial charge in [0.1, 0.15) is 0 Å². The second-order valence-electron chi connectivity index (χ2n) is 8.94. The van der Waals surface area contributed by atoms with E-state index >= 15 is 0 Å². The zero-order valence-electron chi connectivity index (χ0n) is 17.8. The minimum absolute atomic E-state index is 0.565. The van der Waals surface area contributed by atoms with Crippen molar-refractivity contribution in [2.75, 3.05) is 0 Å². The Balaban J connectivity index is 2.24. The van der Waals surface area contributed by atoms with Crippen molar-refractivity contribution in [3.05, 3.63) is 71.9 Å². The van der Waals surface area contributed by atoms with Crippen LogP contribution in [-0.4, -0.2) is 13.3 Å². The molecule has 1 heterocycles. The van der Waals surface area contributed by atoms with E-state index in [9.17, 15) is 0 Å². The van der Waals surface area contributed by atoms with Crippen molar-refractivity contribution < 1.29 is 4.57 Å². The van der Waals surface area contributed by atoms with Gasteiger partial charge in [0.05, 0.1) is 0 Å². The Morgan fingerprint density at radius 2 is 1.48 bits per heavy atom. The van der Waals surface area contributed by atoms with Crippen LogP contribution < -0.4 is 8.96 Å². The second-order valence-corrected chi connectivity index (χ2v) is 19.5. The average molecular weight is 419 g/mol. The monoisotopic (exact) mass is 420 g/mol. The van der Waals surface area contributed by atoms with Crippen LogP contribution in [0.5, 0.6) is 0 Å². The molecule has 0 amide bonds. The number of hydrogen-bond donors (Lipinski definition) is 0. The molecule has 0 spiro atoms. The van der Waals surface area contributed by atoms with E-state index in [-0.39, 0.29) is 0 Å². The van der Waals surface area contributed by atoms with Crippen LogP contribution in [0.4, 0.5) is 0 Å². The van der Waals surface area contributed by atoms with Crippen molar-refractivity contribution in [1.82, 2.24) is 0 Å². The Bertz CT molecular complexity index is 947. The number of aromatic nitrogens is 1. The summed E-state index contributed by atoms with van der Waals surface area (Å²) in [4.78, 5) is 0. The first kappa shape index (κ1) is 19.9. The van der Waals surface area contributed by atoms with Crippen molar-refractivity contribution in [2.45, 2.75) is 44.0 Å². The third-order valence-corrected chi connectivity index (χ3v) is 9.62. The van der Waals surface area contributed by atoms with Gasteiger partial charge in [0, 0.05) is 0 Å². The number of nitrogens with zero attached hydrogens (tertiary/aromatic N) is 1. The van der Waals surface area contributed by atoms with Crippen LogP contribution in [0.1, 0.15) is 30.9 Å². The summed E-state index contributed by atoms with van der Waals surface area (Å²) in [6.07, 6.45) is 2.40. The van der Waals surface area contributed by atoms with E-state index in [4.69, 9.17) is 0 Å². The predicted octanol–water partition coefficient (Wildman–Crippen LogP) is 5.82. The van der Waals surface area contributed by atoms with Crippen LogP contribution in [0, 0.1) is 6.92 Å². The Morgan fingerprint density at radius 1 is 0.852 bits per heavy atom. The normalized spacial score (nSPS) is 11.9. The molecule has 3 aromatic rings. The first-order valence-electron chi connectivity index (χ1n) is 9.89. The van der Waals surface area contributed by atoms with Gasteiger partial charge >= 0.3 is 168 Å². The number of pyridine rings is 1. The fraction of sp³-hybridized carbons (Fsp3) is 0.320. The fourth-order valence-corrected chi connectivity index (χ4v) is 7.03. The summed E-state index contributed by atoms with van der Waals surface area (Å²) >= 11 is -2.03. The number of aryl methyl sites for hydroxylation is 2. The molecule has 0 aliphatic heterocycles. The van der Waals surface area contributed by atoms with E-state index in [2.05, 4.69) is 110 Å². The van der Waals surface area contributed by atoms with Gasteiger partial charge in [-0.2, -0.15) is 0 Å². The van der Waals surface area contributed by atoms with Gasteiger partial charge in [0.15, 0.2) is 0 Å². The molecule has 0 unspecified atom stereocenters. The number of hydrogen-bond acceptors (Lipinski definition) is 0. The Kier molecular flexibility index (Phi) is 5.62. The Morgan fingerprint density at radius 3 is 2.04 bits per heavy atom. The Hall–Kier alpha value is -1.87. The number of rotatable bonds is 4. The molecule has 0 saturated heterocycles. The van der Waals surface area contributed by atoms with Gasteiger partial charge in [-0.3, -0.25) is 0 Å². The molecular weight excluding hydrogens is 387 g/mol. The molecule has 0 bridgehead atoms. The van der Waals surface area contributed by atoms with Crippen molar-refractivity contribution in [3.63, 3.8) is 0 Å². The van der Waals surface area contributed by atoms with Crippen LogP contribution in [-0.2, 0) is 7.05 Å². The predicted molar refractivity (Wildman–Crippen MR) is 120 cm³/mol. The molecule has 1 nitrogen and oxygen atoms in total. The quantitative estimate of drug-likeness (QED) is 0.371. The Labute approximate surface area is 167 Å². The molecule has 0 aliphatic carbocycles. The molecule has 0 radical (unpaired) electrons. The zero-order chi connectivity index (χ0) is 19.8. The second kappa shape index (κ2) is 7.63. The zero-order valence-corrected chi connectivity index (χ0v) is 19.9. The topological polar surface area (TPSA) is 3.88 Å². The van der Waals surface area contributed by atoms with Gasteiger partial charge in [0.2, 0.25) is 0 Å². The van der Waals surface area contributed by atoms with Gasteiger partial charge in [-0.15, -0.1) is 0 Å². The SMILES string of the molecule is Cc1ccccc1-c1cc(-c2ccc(C(C)C)cc2)[c]([Ge]([CH3])([CH3])[CH3])c[n+]1C. The van der Waals surface area contributed by atoms with Gasteiger partial charge in [-0.1, -0.05) is 0 Å². The molecule has 0 atom stereocenters. The van der Waals surface area contributed by atoms with Crippen LogP contribution in [0.2, 0.25) is 17.3 Å². The fourth-order valence-electron chi connectivity index (χ4n) is 3.66. The molecule has 27 heavy (non-hydrogen) atoms. The minimum atomic E-state index is -2.03. The molecule has 2 heteroatoms. The molecule has 1 aromatic heterocycles. The average Bonchev–Trinajstić information content (AvgIpc) is 2.61. The van der Waals surface area contributed by atoms with E-state index in [0.29, 0.717) is 5.92 Å².